The van der Waals surface area contributed by atoms with Gasteiger partial charge in [0.1, 0.15) is 0 Å². The molecule has 2 fully saturated rings. The number of likely N-dealkylation sites (N-methyl/N-ethyl adjacent to an activating group) is 1. The second kappa shape index (κ2) is 11.7. The molecule has 2 heterocycles. The summed E-state index contributed by atoms with van der Waals surface area (Å²) in [5.74, 6) is 0. The summed E-state index contributed by atoms with van der Waals surface area (Å²) in [4.78, 5) is 7.48. The minimum Gasteiger partial charge on any atom is -0.378 e. The van der Waals surface area contributed by atoms with Gasteiger partial charge in [-0.15, -0.1) is 0 Å². The van der Waals surface area contributed by atoms with Crippen molar-refractivity contribution >= 4 is 0 Å². The molecule has 2 aliphatic rings. The van der Waals surface area contributed by atoms with Gasteiger partial charge in [0.25, 0.3) is 0 Å². The highest BCUT2D eigenvalue weighted by molar-refractivity contribution is 4.98. The van der Waals surface area contributed by atoms with Gasteiger partial charge in [-0.05, 0) is 74.0 Å². The first-order chi connectivity index (χ1) is 12.6. The number of hydrogen-bond acceptors (Lipinski definition) is 4. The molecule has 2 rings (SSSR count). The van der Waals surface area contributed by atoms with Crippen LogP contribution in [0.2, 0.25) is 0 Å². The number of likely N-dealkylation sites (tertiary alicyclic amines) is 1. The zero-order valence-electron chi connectivity index (χ0n) is 19.8. The van der Waals surface area contributed by atoms with Crippen LogP contribution in [-0.2, 0) is 4.74 Å². The van der Waals surface area contributed by atoms with E-state index in [1.54, 1.807) is 0 Å². The summed E-state index contributed by atoms with van der Waals surface area (Å²) < 4.78 is 6.02. The van der Waals surface area contributed by atoms with Crippen molar-refractivity contribution < 1.29 is 4.74 Å². The molecule has 0 aliphatic carbocycles. The molecule has 0 amide bonds. The Bertz CT molecular complexity index is 368. The van der Waals surface area contributed by atoms with Crippen molar-refractivity contribution in [3.8, 4) is 0 Å². The number of nitrogens with zero attached hydrogens (tertiary/aromatic N) is 3. The molecule has 0 atom stereocenters. The molecule has 2 saturated heterocycles. The summed E-state index contributed by atoms with van der Waals surface area (Å²) in [5, 5.41) is 0. The Labute approximate surface area is 170 Å². The lowest BCUT2D eigenvalue weighted by Gasteiger charge is -2.53. The SMILES string of the molecule is CCCCN1CCN(C)CC1.CCCCOC1CC(C)(C)N(C)C(C)(C)C1. The Kier molecular flexibility index (Phi) is 10.8. The maximum absolute atomic E-state index is 6.02. The highest BCUT2D eigenvalue weighted by Gasteiger charge is 2.43. The molecular weight excluding hydrogens is 334 g/mol. The molecule has 27 heavy (non-hydrogen) atoms. The lowest BCUT2D eigenvalue weighted by atomic mass is 9.79. The lowest BCUT2D eigenvalue weighted by Crippen LogP contribution is -2.60. The van der Waals surface area contributed by atoms with Gasteiger partial charge in [-0.2, -0.15) is 0 Å². The van der Waals surface area contributed by atoms with Crippen molar-refractivity contribution in [2.75, 3.05) is 53.4 Å². The van der Waals surface area contributed by atoms with E-state index in [4.69, 9.17) is 4.74 Å². The summed E-state index contributed by atoms with van der Waals surface area (Å²) in [7, 11) is 4.44. The van der Waals surface area contributed by atoms with Crippen LogP contribution in [0.15, 0.2) is 0 Å². The zero-order valence-corrected chi connectivity index (χ0v) is 19.8. The molecule has 0 aromatic heterocycles. The average molecular weight is 384 g/mol. The van der Waals surface area contributed by atoms with Crippen LogP contribution >= 0.6 is 0 Å². The van der Waals surface area contributed by atoms with E-state index in [1.807, 2.05) is 0 Å². The third kappa shape index (κ3) is 8.81. The third-order valence-electron chi connectivity index (χ3n) is 6.55. The Balaban J connectivity index is 0.000000289. The molecule has 0 aromatic rings. The zero-order chi connectivity index (χ0) is 20.5. The molecule has 0 N–H and O–H groups in total. The molecular formula is C23H49N3O. The molecule has 0 aromatic carbocycles. The van der Waals surface area contributed by atoms with E-state index in [0.29, 0.717) is 6.10 Å². The van der Waals surface area contributed by atoms with E-state index in [9.17, 15) is 0 Å². The first kappa shape index (κ1) is 24.9. The van der Waals surface area contributed by atoms with Crippen LogP contribution in [0.25, 0.3) is 0 Å². The summed E-state index contributed by atoms with van der Waals surface area (Å²) in [5.41, 5.74) is 0.497. The van der Waals surface area contributed by atoms with Gasteiger partial charge >= 0.3 is 0 Å². The highest BCUT2D eigenvalue weighted by Crippen LogP contribution is 2.38. The van der Waals surface area contributed by atoms with Crippen LogP contribution in [0.1, 0.15) is 80.1 Å². The van der Waals surface area contributed by atoms with Crippen molar-refractivity contribution in [2.45, 2.75) is 97.2 Å². The van der Waals surface area contributed by atoms with Crippen LogP contribution in [0, 0.1) is 0 Å². The molecule has 0 bridgehead atoms. The molecule has 4 heteroatoms. The van der Waals surface area contributed by atoms with Gasteiger partial charge in [0.05, 0.1) is 6.10 Å². The second-order valence-electron chi connectivity index (χ2n) is 9.94. The summed E-state index contributed by atoms with van der Waals surface area (Å²) in [6.07, 6.45) is 7.84. The maximum Gasteiger partial charge on any atom is 0.0610 e. The van der Waals surface area contributed by atoms with E-state index < -0.39 is 0 Å². The van der Waals surface area contributed by atoms with Crippen molar-refractivity contribution in [1.29, 1.82) is 0 Å². The quantitative estimate of drug-likeness (QED) is 0.603. The third-order valence-corrected chi connectivity index (χ3v) is 6.55. The Hall–Kier alpha value is -0.160. The Morgan fingerprint density at radius 2 is 1.33 bits per heavy atom. The van der Waals surface area contributed by atoms with Gasteiger partial charge in [0.15, 0.2) is 0 Å². The molecule has 162 valence electrons. The minimum atomic E-state index is 0.249. The van der Waals surface area contributed by atoms with Gasteiger partial charge in [-0.25, -0.2) is 0 Å². The maximum atomic E-state index is 6.02. The van der Waals surface area contributed by atoms with Gasteiger partial charge in [-0.1, -0.05) is 26.7 Å². The number of rotatable bonds is 7. The van der Waals surface area contributed by atoms with Gasteiger partial charge < -0.3 is 14.5 Å². The second-order valence-corrected chi connectivity index (χ2v) is 9.94. The number of ether oxygens (including phenoxy) is 1. The van der Waals surface area contributed by atoms with Gasteiger partial charge in [0.2, 0.25) is 0 Å². The molecule has 0 radical (unpaired) electrons. The number of piperidine rings is 1. The number of unbranched alkanes of at least 4 members (excludes halogenated alkanes) is 2. The fraction of sp³-hybridized carbons (Fsp3) is 1.00. The Morgan fingerprint density at radius 1 is 0.815 bits per heavy atom. The van der Waals surface area contributed by atoms with Gasteiger partial charge in [-0.3, -0.25) is 4.90 Å². The molecule has 0 unspecified atom stereocenters. The molecule has 4 nitrogen and oxygen atoms in total. The predicted molar refractivity (Wildman–Crippen MR) is 119 cm³/mol. The largest absolute Gasteiger partial charge is 0.378 e. The standard InChI is InChI=1S/C14H29NO.C9H20N2/c1-7-8-9-16-12-10-13(2,3)15(6)14(4,5)11-12;1-3-4-5-11-8-6-10(2)7-9-11/h12H,7-11H2,1-6H3;3-9H2,1-2H3. The first-order valence-electron chi connectivity index (χ1n) is 11.4. The van der Waals surface area contributed by atoms with E-state index in [2.05, 4.69) is 70.3 Å². The number of piperazine rings is 1. The van der Waals surface area contributed by atoms with Crippen LogP contribution in [-0.4, -0.2) is 85.3 Å². The molecule has 0 spiro atoms. The smallest absolute Gasteiger partial charge is 0.0610 e. The molecule has 0 saturated carbocycles. The normalized spacial score (nSPS) is 24.4. The van der Waals surface area contributed by atoms with Crippen molar-refractivity contribution in [3.63, 3.8) is 0 Å². The van der Waals surface area contributed by atoms with Crippen LogP contribution < -0.4 is 0 Å². The number of hydrogen-bond donors (Lipinski definition) is 0. The summed E-state index contributed by atoms with van der Waals surface area (Å²) in [6.45, 7) is 21.1. The Morgan fingerprint density at radius 3 is 1.81 bits per heavy atom. The van der Waals surface area contributed by atoms with Crippen LogP contribution in [0.3, 0.4) is 0 Å². The summed E-state index contributed by atoms with van der Waals surface area (Å²) >= 11 is 0. The fourth-order valence-electron chi connectivity index (χ4n) is 4.25. The topological polar surface area (TPSA) is 19.0 Å². The van der Waals surface area contributed by atoms with E-state index >= 15 is 0 Å². The van der Waals surface area contributed by atoms with E-state index in [1.165, 1.54) is 58.4 Å². The monoisotopic (exact) mass is 383 g/mol. The predicted octanol–water partition coefficient (Wildman–Crippen LogP) is 4.49. The lowest BCUT2D eigenvalue weighted by molar-refractivity contribution is -0.0916. The highest BCUT2D eigenvalue weighted by atomic mass is 16.5. The van der Waals surface area contributed by atoms with Crippen molar-refractivity contribution in [3.05, 3.63) is 0 Å². The van der Waals surface area contributed by atoms with E-state index in [-0.39, 0.29) is 11.1 Å². The van der Waals surface area contributed by atoms with Gasteiger partial charge in [0, 0.05) is 43.9 Å². The van der Waals surface area contributed by atoms with Crippen molar-refractivity contribution in [1.82, 2.24) is 14.7 Å². The summed E-state index contributed by atoms with van der Waals surface area (Å²) in [6, 6.07) is 0. The molecule has 2 aliphatic heterocycles. The van der Waals surface area contributed by atoms with E-state index in [0.717, 1.165) is 19.4 Å². The van der Waals surface area contributed by atoms with Crippen LogP contribution in [0.4, 0.5) is 0 Å². The fourth-order valence-corrected chi connectivity index (χ4v) is 4.25. The van der Waals surface area contributed by atoms with Crippen LogP contribution in [0.5, 0.6) is 0 Å². The minimum absolute atomic E-state index is 0.249. The average Bonchev–Trinajstić information content (AvgIpc) is 2.59. The van der Waals surface area contributed by atoms with Crippen molar-refractivity contribution in [2.24, 2.45) is 0 Å². The first-order valence-corrected chi connectivity index (χ1v) is 11.4.